The quantitative estimate of drug-likeness (QED) is 0.500. The maximum atomic E-state index is 8.56. The Bertz CT molecular complexity index is 45.3. The van der Waals surface area contributed by atoms with Crippen LogP contribution in [0, 0.1) is 111 Å². The van der Waals surface area contributed by atoms with Crippen LogP contribution >= 0.6 is 0 Å². The molecule has 2 N–H and O–H groups in total. The number of rotatable bonds is 0. The number of hydrogen-bond acceptors (Lipinski definition) is 2. The first-order chi connectivity index (χ1) is 2.73. The zero-order valence-corrected chi connectivity index (χ0v) is 14.3. The van der Waals surface area contributed by atoms with Crippen molar-refractivity contribution in [3.05, 3.63) is 0 Å². The molecule has 4 nitrogen and oxygen atoms in total. The molecule has 8 heavy (non-hydrogen) atoms. The van der Waals surface area contributed by atoms with Crippen LogP contribution in [-0.4, -0.2) is 16.4 Å². The fraction of sp³-hybridized carbons (Fsp3) is 0. The third-order valence-corrected chi connectivity index (χ3v) is 0. The van der Waals surface area contributed by atoms with E-state index in [4.69, 9.17) is 16.7 Å². The zero-order valence-electron chi connectivity index (χ0n) is 3.87. The third-order valence-electron chi connectivity index (χ3n) is 0. The molecule has 0 unspecified atom stereocenters. The number of carboxylic acid groups (broad SMARTS) is 2. The van der Waals surface area contributed by atoms with Gasteiger partial charge in [0.2, 0.25) is 0 Å². The Morgan fingerprint density at radius 2 is 1.25 bits per heavy atom. The second kappa shape index (κ2) is 22.5. The van der Waals surface area contributed by atoms with Crippen molar-refractivity contribution >= 4 is 6.16 Å². The minimum absolute atomic E-state index is 0. The summed E-state index contributed by atoms with van der Waals surface area (Å²) in [4.78, 5) is 8.56. The van der Waals surface area contributed by atoms with E-state index in [1.54, 1.807) is 0 Å². The normalized spacial score (nSPS) is 3.75. The van der Waals surface area contributed by atoms with Gasteiger partial charge < -0.3 is 10.2 Å². The molecule has 0 aliphatic carbocycles. The molecule has 0 amide bonds. The van der Waals surface area contributed by atoms with Crippen molar-refractivity contribution in [2.45, 2.75) is 0 Å². The van der Waals surface area contributed by atoms with Crippen LogP contribution in [0.5, 0.6) is 0 Å². The van der Waals surface area contributed by atoms with Crippen LogP contribution in [0.4, 0.5) is 4.79 Å². The summed E-state index contributed by atoms with van der Waals surface area (Å²) in [6, 6.07) is 0. The van der Waals surface area contributed by atoms with Crippen LogP contribution in [0.15, 0.2) is 0 Å². The van der Waals surface area contributed by atoms with Crippen molar-refractivity contribution < 1.29 is 128 Å². The number of carbonyl (C=O) groups is 1. The zero-order chi connectivity index (χ0) is 5.58. The van der Waals surface area contributed by atoms with Crippen LogP contribution in [0.25, 0.3) is 0 Å². The summed E-state index contributed by atoms with van der Waals surface area (Å²) in [6.45, 7) is 0. The third kappa shape index (κ3) is 67.5. The molecule has 0 aliphatic rings. The number of hydrogen-bond donors (Lipinski definition) is 2. The van der Waals surface area contributed by atoms with Crippen LogP contribution in [0.3, 0.4) is 0 Å². The summed E-state index contributed by atoms with van der Waals surface area (Å²) in [5.41, 5.74) is 0. The molecule has 0 aromatic carbocycles. The summed E-state index contributed by atoms with van der Waals surface area (Å²) in [5, 5.41) is 13.9. The van der Waals surface area contributed by atoms with Gasteiger partial charge in [0.1, 0.15) is 0 Å². The van der Waals surface area contributed by atoms with Crippen molar-refractivity contribution in [1.82, 2.24) is 0 Å². The molecule has 0 bridgehead atoms. The molecule has 0 saturated carbocycles. The molecular formula is CH2CeLa2O4. The fourth-order valence-electron chi connectivity index (χ4n) is 0. The average Bonchev–Trinajstić information content (AvgIpc) is 1.41. The van der Waals surface area contributed by atoms with Crippen LogP contribution in [-0.2, 0) is 1.70 Å². The first-order valence-electron chi connectivity index (χ1n) is 0.887. The maximum absolute atomic E-state index is 8.56. The molecule has 0 spiro atoms. The van der Waals surface area contributed by atoms with Gasteiger partial charge in [0, 0.05) is 77.3 Å². The van der Waals surface area contributed by atoms with Gasteiger partial charge in [-0.3, -0.25) is 0 Å². The molecule has 0 aromatic rings. The van der Waals surface area contributed by atoms with E-state index in [0.29, 0.717) is 0 Å². The second-order valence-corrected chi connectivity index (χ2v) is 0.283. The van der Waals surface area contributed by atoms with Gasteiger partial charge in [-0.05, 0) is 0 Å². The first-order valence-corrected chi connectivity index (χ1v) is 2.37. The Morgan fingerprint density at radius 1 is 1.25 bits per heavy atom. The summed E-state index contributed by atoms with van der Waals surface area (Å²) in [5.74, 6) is 0. The van der Waals surface area contributed by atoms with Crippen LogP contribution in [0.2, 0.25) is 0 Å². The van der Waals surface area contributed by atoms with E-state index in [-0.39, 0.29) is 111 Å². The standard InChI is InChI=1S/CH2O3.Ce.2La.O/c2-1(3)4;;;;/h(H2,2,3,4);;;;. The molecule has 0 aromatic heterocycles. The predicted octanol–water partition coefficient (Wildman–Crippen LogP) is 0.104. The molecule has 0 rings (SSSR count). The van der Waals surface area contributed by atoms with E-state index < -0.39 is 6.16 Å². The molecule has 0 atom stereocenters. The van der Waals surface area contributed by atoms with Gasteiger partial charge in [-0.1, -0.05) is 0 Å². The van der Waals surface area contributed by atoms with Crippen LogP contribution < -0.4 is 0 Å². The van der Waals surface area contributed by atoms with E-state index >= 15 is 0 Å². The monoisotopic (exact) mass is 496 g/mol. The summed E-state index contributed by atoms with van der Waals surface area (Å²) in [6.07, 6.45) is -1.83. The van der Waals surface area contributed by atoms with Gasteiger partial charge in [-0.25, -0.2) is 4.79 Å². The molecule has 1 radical (unpaired) electrons. The Balaban J connectivity index is -0.0000000183. The first kappa shape index (κ1) is 22.4. The van der Waals surface area contributed by atoms with E-state index in [1.165, 1.54) is 0 Å². The van der Waals surface area contributed by atoms with Gasteiger partial charge in [0.05, 0.1) is 0 Å². The predicted molar refractivity (Wildman–Crippen MR) is 11.3 cm³/mol. The molecular weight excluding hydrogens is 494 g/mol. The van der Waals surface area contributed by atoms with Gasteiger partial charge in [-0.15, -0.1) is 0 Å². The molecule has 0 saturated heterocycles. The molecule has 0 aliphatic heterocycles. The Morgan fingerprint density at radius 3 is 1.25 bits per heavy atom. The van der Waals surface area contributed by atoms with Crippen molar-refractivity contribution in [3.8, 4) is 0 Å². The second-order valence-electron chi connectivity index (χ2n) is 0.283. The van der Waals surface area contributed by atoms with Crippen molar-refractivity contribution in [2.75, 3.05) is 0 Å². The Hall–Kier alpha value is 2.84. The van der Waals surface area contributed by atoms with E-state index in [2.05, 4.69) is 0 Å². The molecule has 40 valence electrons. The minimum atomic E-state index is -1.83. The van der Waals surface area contributed by atoms with Gasteiger partial charge >= 0.3 is 41.7 Å². The summed E-state index contributed by atoms with van der Waals surface area (Å²) < 4.78 is 8.42. The molecule has 0 heterocycles. The Labute approximate surface area is 130 Å². The van der Waals surface area contributed by atoms with Crippen molar-refractivity contribution in [3.63, 3.8) is 0 Å². The van der Waals surface area contributed by atoms with Crippen molar-refractivity contribution in [2.24, 2.45) is 0 Å². The summed E-state index contributed by atoms with van der Waals surface area (Å²) >= 11 is -0.0833. The van der Waals surface area contributed by atoms with Gasteiger partial charge in [-0.2, -0.15) is 0 Å². The van der Waals surface area contributed by atoms with E-state index in [1.807, 2.05) is 0 Å². The topological polar surface area (TPSA) is 74.6 Å². The van der Waals surface area contributed by atoms with E-state index in [0.717, 1.165) is 0 Å². The molecule has 0 fully saturated rings. The van der Waals surface area contributed by atoms with Crippen LogP contribution in [0.1, 0.15) is 0 Å². The van der Waals surface area contributed by atoms with E-state index in [9.17, 15) is 0 Å². The summed E-state index contributed by atoms with van der Waals surface area (Å²) in [7, 11) is 0. The SMILES string of the molecule is O=C(O)O.[Ce].[La].[O]=[La]. The fourth-order valence-corrected chi connectivity index (χ4v) is 0. The van der Waals surface area contributed by atoms with Crippen molar-refractivity contribution in [1.29, 1.82) is 0 Å². The Kier molecular flexibility index (Phi) is 63.2. The molecule has 7 heteroatoms. The van der Waals surface area contributed by atoms with Gasteiger partial charge in [0.25, 0.3) is 0 Å². The van der Waals surface area contributed by atoms with Gasteiger partial charge in [0.15, 0.2) is 0 Å². The average molecular weight is 496 g/mol.